The van der Waals surface area contributed by atoms with Gasteiger partial charge in [-0.3, -0.25) is 4.79 Å². The predicted molar refractivity (Wildman–Crippen MR) is 65.7 cm³/mol. The average molecular weight is 248 g/mol. The highest BCUT2D eigenvalue weighted by molar-refractivity contribution is 5.81. The number of esters is 1. The van der Waals surface area contributed by atoms with Crippen LogP contribution in [-0.2, 0) is 9.53 Å². The van der Waals surface area contributed by atoms with Gasteiger partial charge >= 0.3 is 5.97 Å². The Morgan fingerprint density at radius 2 is 2.22 bits per heavy atom. The summed E-state index contributed by atoms with van der Waals surface area (Å²) < 4.78 is 10.8. The van der Waals surface area contributed by atoms with E-state index in [2.05, 4.69) is 0 Å². The zero-order chi connectivity index (χ0) is 13.0. The molecule has 1 aliphatic rings. The highest BCUT2D eigenvalue weighted by atomic mass is 16.6. The first-order valence-corrected chi connectivity index (χ1v) is 6.12. The van der Waals surface area contributed by atoms with Crippen molar-refractivity contribution in [3.8, 4) is 5.75 Å². The third-order valence-corrected chi connectivity index (χ3v) is 3.12. The van der Waals surface area contributed by atoms with Gasteiger partial charge in [-0.25, -0.2) is 4.79 Å². The van der Waals surface area contributed by atoms with Crippen LogP contribution < -0.4 is 4.74 Å². The van der Waals surface area contributed by atoms with Gasteiger partial charge in [-0.05, 0) is 38.3 Å². The Labute approximate surface area is 106 Å². The van der Waals surface area contributed by atoms with Crippen molar-refractivity contribution in [1.82, 2.24) is 0 Å². The van der Waals surface area contributed by atoms with Crippen molar-refractivity contribution in [2.24, 2.45) is 0 Å². The van der Waals surface area contributed by atoms with Gasteiger partial charge in [-0.15, -0.1) is 0 Å². The van der Waals surface area contributed by atoms with E-state index in [0.717, 1.165) is 12.7 Å². The lowest BCUT2D eigenvalue weighted by Crippen LogP contribution is -2.51. The summed E-state index contributed by atoms with van der Waals surface area (Å²) in [5, 5.41) is 0. The summed E-state index contributed by atoms with van der Waals surface area (Å²) in [6.07, 6.45) is 3.03. The molecule has 1 saturated carbocycles. The number of benzene rings is 1. The number of hydrogen-bond donors (Lipinski definition) is 0. The van der Waals surface area contributed by atoms with Crippen LogP contribution in [0.4, 0.5) is 0 Å². The fourth-order valence-electron chi connectivity index (χ4n) is 1.99. The lowest BCUT2D eigenvalue weighted by Gasteiger charge is -2.39. The van der Waals surface area contributed by atoms with Gasteiger partial charge in [0.15, 0.2) is 0 Å². The summed E-state index contributed by atoms with van der Waals surface area (Å²) in [5.74, 6) is 0.222. The molecule has 0 N–H and O–H groups in total. The number of carbonyl (C=O) groups is 2. The summed E-state index contributed by atoms with van der Waals surface area (Å²) in [6.45, 7) is 2.12. The van der Waals surface area contributed by atoms with Crippen molar-refractivity contribution >= 4 is 12.3 Å². The van der Waals surface area contributed by atoms with Gasteiger partial charge in [-0.2, -0.15) is 0 Å². The minimum atomic E-state index is -0.850. The molecule has 0 spiro atoms. The normalized spacial score (nSPS) is 16.5. The Hall–Kier alpha value is -1.84. The summed E-state index contributed by atoms with van der Waals surface area (Å²) in [6, 6.07) is 6.80. The molecule has 0 amide bonds. The van der Waals surface area contributed by atoms with Crippen LogP contribution in [0.2, 0.25) is 0 Å². The fourth-order valence-corrected chi connectivity index (χ4v) is 1.99. The molecule has 0 aromatic heterocycles. The number of hydrogen-bond acceptors (Lipinski definition) is 4. The molecule has 0 atom stereocenters. The molecule has 0 heterocycles. The zero-order valence-electron chi connectivity index (χ0n) is 10.3. The SMILES string of the molecule is CCOC(=O)C1(Oc2cccc(C=O)c2)CCC1. The van der Waals surface area contributed by atoms with Crippen molar-refractivity contribution < 1.29 is 19.1 Å². The Morgan fingerprint density at radius 1 is 1.44 bits per heavy atom. The van der Waals surface area contributed by atoms with E-state index in [0.29, 0.717) is 30.8 Å². The molecule has 2 rings (SSSR count). The number of carbonyl (C=O) groups excluding carboxylic acids is 2. The van der Waals surface area contributed by atoms with E-state index >= 15 is 0 Å². The second-order valence-electron chi connectivity index (χ2n) is 4.36. The van der Waals surface area contributed by atoms with Crippen molar-refractivity contribution in [2.45, 2.75) is 31.8 Å². The molecular formula is C14H16O4. The van der Waals surface area contributed by atoms with E-state index in [4.69, 9.17) is 9.47 Å². The van der Waals surface area contributed by atoms with Crippen LogP contribution in [0.1, 0.15) is 36.5 Å². The van der Waals surface area contributed by atoms with Crippen molar-refractivity contribution in [2.75, 3.05) is 6.61 Å². The Kier molecular flexibility index (Phi) is 3.65. The molecule has 4 nitrogen and oxygen atoms in total. The van der Waals surface area contributed by atoms with Crippen molar-refractivity contribution in [3.63, 3.8) is 0 Å². The molecule has 0 saturated heterocycles. The summed E-state index contributed by atoms with van der Waals surface area (Å²) in [4.78, 5) is 22.6. The summed E-state index contributed by atoms with van der Waals surface area (Å²) in [7, 11) is 0. The molecule has 1 fully saturated rings. The van der Waals surface area contributed by atoms with Crippen LogP contribution in [0.15, 0.2) is 24.3 Å². The number of ether oxygens (including phenoxy) is 2. The Morgan fingerprint density at radius 3 is 2.78 bits per heavy atom. The topological polar surface area (TPSA) is 52.6 Å². The van der Waals surface area contributed by atoms with Crippen LogP contribution in [0.25, 0.3) is 0 Å². The summed E-state index contributed by atoms with van der Waals surface area (Å²) in [5.41, 5.74) is -0.317. The highest BCUT2D eigenvalue weighted by Crippen LogP contribution is 2.37. The van der Waals surface area contributed by atoms with Gasteiger partial charge in [0, 0.05) is 5.56 Å². The maximum Gasteiger partial charge on any atom is 0.350 e. The number of aldehydes is 1. The molecule has 0 unspecified atom stereocenters. The second-order valence-corrected chi connectivity index (χ2v) is 4.36. The third-order valence-electron chi connectivity index (χ3n) is 3.12. The highest BCUT2D eigenvalue weighted by Gasteiger charge is 2.48. The maximum atomic E-state index is 11.9. The van der Waals surface area contributed by atoms with E-state index in [1.165, 1.54) is 0 Å². The Bertz CT molecular complexity index is 449. The van der Waals surface area contributed by atoms with Gasteiger partial charge in [0.25, 0.3) is 0 Å². The van der Waals surface area contributed by atoms with E-state index < -0.39 is 5.60 Å². The molecule has 4 heteroatoms. The van der Waals surface area contributed by atoms with Gasteiger partial charge < -0.3 is 9.47 Å². The molecule has 96 valence electrons. The molecule has 1 aliphatic carbocycles. The Balaban J connectivity index is 2.14. The van der Waals surface area contributed by atoms with Crippen molar-refractivity contribution in [1.29, 1.82) is 0 Å². The van der Waals surface area contributed by atoms with E-state index in [1.807, 2.05) is 0 Å². The third kappa shape index (κ3) is 2.37. The first-order valence-electron chi connectivity index (χ1n) is 6.12. The fraction of sp³-hybridized carbons (Fsp3) is 0.429. The molecule has 0 radical (unpaired) electrons. The first kappa shape index (κ1) is 12.6. The average Bonchev–Trinajstić information content (AvgIpc) is 2.34. The smallest absolute Gasteiger partial charge is 0.350 e. The minimum Gasteiger partial charge on any atom is -0.476 e. The monoisotopic (exact) mass is 248 g/mol. The standard InChI is InChI=1S/C14H16O4/c1-2-17-13(16)14(7-4-8-14)18-12-6-3-5-11(9-12)10-15/h3,5-6,9-10H,2,4,7-8H2,1H3. The lowest BCUT2D eigenvalue weighted by atomic mass is 9.80. The van der Waals surface area contributed by atoms with Gasteiger partial charge in [0.05, 0.1) is 6.61 Å². The molecular weight excluding hydrogens is 232 g/mol. The quantitative estimate of drug-likeness (QED) is 0.593. The van der Waals surface area contributed by atoms with Crippen LogP contribution >= 0.6 is 0 Å². The van der Waals surface area contributed by atoms with Gasteiger partial charge in [0.1, 0.15) is 12.0 Å². The van der Waals surface area contributed by atoms with E-state index in [-0.39, 0.29) is 5.97 Å². The predicted octanol–water partition coefficient (Wildman–Crippen LogP) is 2.36. The van der Waals surface area contributed by atoms with Gasteiger partial charge in [-0.1, -0.05) is 12.1 Å². The van der Waals surface area contributed by atoms with Crippen molar-refractivity contribution in [3.05, 3.63) is 29.8 Å². The molecule has 0 bridgehead atoms. The minimum absolute atomic E-state index is 0.312. The first-order chi connectivity index (χ1) is 8.70. The lowest BCUT2D eigenvalue weighted by molar-refractivity contribution is -0.169. The second kappa shape index (κ2) is 5.21. The molecule has 0 aliphatic heterocycles. The van der Waals surface area contributed by atoms with Crippen LogP contribution in [-0.4, -0.2) is 24.5 Å². The zero-order valence-corrected chi connectivity index (χ0v) is 10.3. The van der Waals surface area contributed by atoms with Crippen LogP contribution in [0.5, 0.6) is 5.75 Å². The molecule has 1 aromatic rings. The van der Waals surface area contributed by atoms with Crippen LogP contribution in [0, 0.1) is 0 Å². The number of rotatable bonds is 5. The van der Waals surface area contributed by atoms with Crippen LogP contribution in [0.3, 0.4) is 0 Å². The van der Waals surface area contributed by atoms with E-state index in [9.17, 15) is 9.59 Å². The van der Waals surface area contributed by atoms with E-state index in [1.54, 1.807) is 31.2 Å². The van der Waals surface area contributed by atoms with Gasteiger partial charge in [0.2, 0.25) is 5.60 Å². The maximum absolute atomic E-state index is 11.9. The molecule has 18 heavy (non-hydrogen) atoms. The largest absolute Gasteiger partial charge is 0.476 e. The summed E-state index contributed by atoms with van der Waals surface area (Å²) >= 11 is 0. The molecule has 1 aromatic carbocycles.